The zero-order chi connectivity index (χ0) is 15.1. The lowest BCUT2D eigenvalue weighted by Gasteiger charge is -2.23. The van der Waals surface area contributed by atoms with Crippen LogP contribution in [0.3, 0.4) is 0 Å². The molecule has 1 heteroatoms. The quantitative estimate of drug-likeness (QED) is 0.570. The number of hydrogen-bond donors (Lipinski definition) is 0. The predicted octanol–water partition coefficient (Wildman–Crippen LogP) is 5.31. The lowest BCUT2D eigenvalue weighted by molar-refractivity contribution is 0.820. The minimum absolute atomic E-state index is 1.23. The van der Waals surface area contributed by atoms with Crippen molar-refractivity contribution >= 4 is 14.5 Å². The lowest BCUT2D eigenvalue weighted by Crippen LogP contribution is -2.18. The molecule has 1 aromatic rings. The van der Waals surface area contributed by atoms with Crippen molar-refractivity contribution in [2.45, 2.75) is 86.0 Å². The predicted molar refractivity (Wildman–Crippen MR) is 96.5 cm³/mol. The second-order valence-electron chi connectivity index (χ2n) is 5.95. The van der Waals surface area contributed by atoms with Crippen molar-refractivity contribution in [1.29, 1.82) is 0 Å². The van der Waals surface area contributed by atoms with Gasteiger partial charge in [-0.1, -0.05) is 53.4 Å². The molecule has 0 fully saturated rings. The highest BCUT2D eigenvalue weighted by atomic mass is 31.0. The summed E-state index contributed by atoms with van der Waals surface area (Å²) < 4.78 is 0. The van der Waals surface area contributed by atoms with Gasteiger partial charge in [0.2, 0.25) is 0 Å². The van der Waals surface area contributed by atoms with Crippen LogP contribution in [0.15, 0.2) is 0 Å². The monoisotopic (exact) mass is 292 g/mol. The van der Waals surface area contributed by atoms with Gasteiger partial charge in [-0.2, -0.15) is 0 Å². The van der Waals surface area contributed by atoms with Crippen LogP contribution < -0.4 is 5.30 Å². The zero-order valence-electron chi connectivity index (χ0n) is 14.2. The van der Waals surface area contributed by atoms with Gasteiger partial charge in [0, 0.05) is 0 Å². The fourth-order valence-electron chi connectivity index (χ4n) is 3.39. The van der Waals surface area contributed by atoms with E-state index < -0.39 is 0 Å². The van der Waals surface area contributed by atoms with Crippen molar-refractivity contribution in [3.63, 3.8) is 0 Å². The van der Waals surface area contributed by atoms with E-state index in [0.717, 1.165) is 0 Å². The van der Waals surface area contributed by atoms with Crippen LogP contribution >= 0.6 is 9.24 Å². The molecule has 0 aliphatic heterocycles. The minimum atomic E-state index is 1.23. The highest BCUT2D eigenvalue weighted by molar-refractivity contribution is 7.27. The number of hydrogen-bond acceptors (Lipinski definition) is 0. The Bertz CT molecular complexity index is 354. The van der Waals surface area contributed by atoms with E-state index in [1.54, 1.807) is 27.8 Å². The van der Waals surface area contributed by atoms with Crippen molar-refractivity contribution in [2.75, 3.05) is 0 Å². The van der Waals surface area contributed by atoms with Crippen molar-refractivity contribution in [2.24, 2.45) is 0 Å². The van der Waals surface area contributed by atoms with Crippen LogP contribution in [0.5, 0.6) is 0 Å². The fourth-order valence-corrected chi connectivity index (χ4v) is 4.03. The molecule has 0 saturated heterocycles. The lowest BCUT2D eigenvalue weighted by atomic mass is 9.85. The molecule has 0 radical (unpaired) electrons. The van der Waals surface area contributed by atoms with Gasteiger partial charge in [0.15, 0.2) is 0 Å². The largest absolute Gasteiger partial charge is 0.105 e. The van der Waals surface area contributed by atoms with Gasteiger partial charge >= 0.3 is 0 Å². The molecule has 0 saturated carbocycles. The van der Waals surface area contributed by atoms with E-state index in [-0.39, 0.29) is 0 Å². The van der Waals surface area contributed by atoms with Gasteiger partial charge in [-0.3, -0.25) is 0 Å². The van der Waals surface area contributed by atoms with Gasteiger partial charge in [0.05, 0.1) is 0 Å². The van der Waals surface area contributed by atoms with Gasteiger partial charge in [0.1, 0.15) is 0 Å². The molecule has 0 bridgehead atoms. The first kappa shape index (κ1) is 17.7. The molecule has 0 N–H and O–H groups in total. The Morgan fingerprint density at radius 3 is 1.20 bits per heavy atom. The van der Waals surface area contributed by atoms with E-state index in [9.17, 15) is 0 Å². The van der Waals surface area contributed by atoms with Gasteiger partial charge in [-0.15, -0.1) is 9.24 Å². The van der Waals surface area contributed by atoms with Crippen molar-refractivity contribution in [3.05, 3.63) is 27.8 Å². The first-order chi connectivity index (χ1) is 9.62. The second kappa shape index (κ2) is 8.83. The molecule has 0 heterocycles. The Morgan fingerprint density at radius 2 is 0.900 bits per heavy atom. The Morgan fingerprint density at radius 1 is 0.600 bits per heavy atom. The molecule has 1 aromatic carbocycles. The van der Waals surface area contributed by atoms with Crippen molar-refractivity contribution < 1.29 is 0 Å². The summed E-state index contributed by atoms with van der Waals surface area (Å²) in [6.07, 6.45) is 9.95. The molecule has 114 valence electrons. The van der Waals surface area contributed by atoms with Crippen molar-refractivity contribution in [3.8, 4) is 0 Å². The van der Waals surface area contributed by atoms with Crippen LogP contribution in [-0.2, 0) is 25.7 Å². The maximum Gasteiger partial charge on any atom is -0.0233 e. The van der Waals surface area contributed by atoms with Crippen LogP contribution in [0.4, 0.5) is 0 Å². The second-order valence-corrected chi connectivity index (χ2v) is 6.53. The Balaban J connectivity index is 3.50. The van der Waals surface area contributed by atoms with Gasteiger partial charge in [-0.05, 0) is 65.7 Å². The van der Waals surface area contributed by atoms with Gasteiger partial charge in [0.25, 0.3) is 0 Å². The van der Waals surface area contributed by atoms with E-state index in [2.05, 4.69) is 43.9 Å². The topological polar surface area (TPSA) is 0 Å². The Kier molecular flexibility index (Phi) is 7.82. The molecule has 1 rings (SSSR count). The van der Waals surface area contributed by atoms with E-state index >= 15 is 0 Å². The van der Waals surface area contributed by atoms with Crippen LogP contribution in [0, 0.1) is 6.92 Å². The molecule has 1 atom stereocenters. The number of benzene rings is 1. The Labute approximate surface area is 129 Å². The molecule has 0 nitrogen and oxygen atoms in total. The van der Waals surface area contributed by atoms with E-state index in [0.29, 0.717) is 0 Å². The summed E-state index contributed by atoms with van der Waals surface area (Å²) in [4.78, 5) is 0. The average molecular weight is 292 g/mol. The molecule has 0 spiro atoms. The van der Waals surface area contributed by atoms with Crippen LogP contribution in [0.2, 0.25) is 0 Å². The fraction of sp³-hybridized carbons (Fsp3) is 0.684. The van der Waals surface area contributed by atoms with E-state index in [1.807, 2.05) is 0 Å². The molecule has 20 heavy (non-hydrogen) atoms. The van der Waals surface area contributed by atoms with Crippen LogP contribution in [-0.4, -0.2) is 0 Å². The summed E-state index contributed by atoms with van der Waals surface area (Å²) in [5.74, 6) is 0. The molecule has 0 aliphatic carbocycles. The average Bonchev–Trinajstić information content (AvgIpc) is 2.44. The summed E-state index contributed by atoms with van der Waals surface area (Å²) in [6.45, 7) is 11.6. The smallest absolute Gasteiger partial charge is 0.0233 e. The standard InChI is InChI=1S/C19H33P/c1-6-10-15-14(5)16(11-7-2)18(13-9-4)19(20)17(15)12-8-3/h6-13,20H2,1-5H3. The third kappa shape index (κ3) is 3.85. The Hall–Kier alpha value is -0.350. The maximum atomic E-state index is 3.08. The third-order valence-corrected chi connectivity index (χ3v) is 4.98. The summed E-state index contributed by atoms with van der Waals surface area (Å²) in [5, 5.41) is 1.53. The molecule has 0 aliphatic rings. The highest BCUT2D eigenvalue weighted by Gasteiger charge is 2.17. The minimum Gasteiger partial charge on any atom is -0.105 e. The summed E-state index contributed by atoms with van der Waals surface area (Å²) in [7, 11) is 3.08. The summed E-state index contributed by atoms with van der Waals surface area (Å²) >= 11 is 0. The normalized spacial score (nSPS) is 11.1. The maximum absolute atomic E-state index is 3.08. The van der Waals surface area contributed by atoms with E-state index in [4.69, 9.17) is 0 Å². The van der Waals surface area contributed by atoms with Crippen molar-refractivity contribution in [1.82, 2.24) is 0 Å². The molecule has 1 unspecified atom stereocenters. The highest BCUT2D eigenvalue weighted by Crippen LogP contribution is 2.27. The summed E-state index contributed by atoms with van der Waals surface area (Å²) in [5.41, 5.74) is 8.19. The SMILES string of the molecule is CCCc1c(C)c(CCC)c(CCC)c(P)c1CCC. The molecular weight excluding hydrogens is 259 g/mol. The molecule has 0 amide bonds. The third-order valence-electron chi connectivity index (χ3n) is 4.28. The molecule has 0 aromatic heterocycles. The first-order valence-electron chi connectivity index (χ1n) is 8.53. The number of rotatable bonds is 8. The summed E-state index contributed by atoms with van der Waals surface area (Å²) in [6, 6.07) is 0. The molecular formula is C19H33P. The van der Waals surface area contributed by atoms with Gasteiger partial charge in [-0.25, -0.2) is 0 Å². The van der Waals surface area contributed by atoms with E-state index in [1.165, 1.54) is 56.7 Å². The van der Waals surface area contributed by atoms with Gasteiger partial charge < -0.3 is 0 Å². The van der Waals surface area contributed by atoms with Crippen LogP contribution in [0.1, 0.15) is 81.2 Å². The van der Waals surface area contributed by atoms with Crippen LogP contribution in [0.25, 0.3) is 0 Å². The first-order valence-corrected chi connectivity index (χ1v) is 9.11. The zero-order valence-corrected chi connectivity index (χ0v) is 15.4.